The van der Waals surface area contributed by atoms with Crippen LogP contribution in [0, 0.1) is 34.1 Å². The van der Waals surface area contributed by atoms with E-state index in [1.807, 2.05) is 159 Å². The fourth-order valence-corrected chi connectivity index (χ4v) is 10.7. The monoisotopic (exact) mass is 1140 g/mol. The Balaban J connectivity index is 0.000000205. The van der Waals surface area contributed by atoms with Crippen molar-refractivity contribution in [2.45, 2.75) is 76.7 Å². The van der Waals surface area contributed by atoms with E-state index in [4.69, 9.17) is 9.47 Å². The van der Waals surface area contributed by atoms with Crippen LogP contribution >= 0.6 is 0 Å². The minimum atomic E-state index is -1.05. The van der Waals surface area contributed by atoms with Crippen molar-refractivity contribution in [1.82, 2.24) is 26.6 Å². The van der Waals surface area contributed by atoms with E-state index in [1.54, 1.807) is 24.3 Å². The number of rotatable bonds is 20. The Labute approximate surface area is 491 Å². The number of carbonyl (C=O) groups is 5. The molecule has 3 unspecified atom stereocenters. The highest BCUT2D eigenvalue weighted by molar-refractivity contribution is 5.87. The maximum absolute atomic E-state index is 13.2. The normalized spacial score (nSPS) is 12.9. The Morgan fingerprint density at radius 1 is 0.447 bits per heavy atom. The zero-order valence-electron chi connectivity index (χ0n) is 47.0. The summed E-state index contributed by atoms with van der Waals surface area (Å²) in [6.07, 6.45) is -1.98. The van der Waals surface area contributed by atoms with Crippen LogP contribution in [-0.4, -0.2) is 59.0 Å². The Kier molecular flexibility index (Phi) is 19.1. The highest BCUT2D eigenvalue weighted by Crippen LogP contribution is 2.46. The van der Waals surface area contributed by atoms with Crippen LogP contribution in [0.5, 0.6) is 0 Å². The molecule has 0 fully saturated rings. The molecule has 0 saturated carbocycles. The van der Waals surface area contributed by atoms with Crippen molar-refractivity contribution < 1.29 is 43.3 Å². The van der Waals surface area contributed by atoms with Gasteiger partial charge in [0.15, 0.2) is 0 Å². The third kappa shape index (κ3) is 14.8. The van der Waals surface area contributed by atoms with Crippen LogP contribution in [0.1, 0.15) is 99.3 Å². The first-order chi connectivity index (χ1) is 41.1. The van der Waals surface area contributed by atoms with Crippen LogP contribution < -0.4 is 26.6 Å². The van der Waals surface area contributed by atoms with E-state index in [0.717, 1.165) is 66.8 Å². The Bertz CT molecular complexity index is 3670. The average molecular weight is 1150 g/mol. The van der Waals surface area contributed by atoms with Crippen molar-refractivity contribution in [1.29, 1.82) is 0 Å². The van der Waals surface area contributed by atoms with Crippen molar-refractivity contribution in [2.75, 3.05) is 13.2 Å². The summed E-state index contributed by atoms with van der Waals surface area (Å²) in [6, 6.07) is 56.3. The molecule has 2 aliphatic carbocycles. The van der Waals surface area contributed by atoms with Crippen molar-refractivity contribution in [3.8, 4) is 22.3 Å². The molecule has 0 saturated heterocycles. The summed E-state index contributed by atoms with van der Waals surface area (Å²) in [7, 11) is 0. The number of nitrogens with one attached hydrogen (secondary N) is 5. The van der Waals surface area contributed by atoms with Gasteiger partial charge in [0.05, 0.1) is 45.9 Å². The lowest BCUT2D eigenvalue weighted by molar-refractivity contribution is -0.385. The second-order valence-electron chi connectivity index (χ2n) is 20.8. The van der Waals surface area contributed by atoms with E-state index in [1.165, 1.54) is 31.2 Å². The molecular weight excluding hydrogens is 1080 g/mol. The van der Waals surface area contributed by atoms with Crippen molar-refractivity contribution in [3.05, 3.63) is 270 Å². The lowest BCUT2D eigenvalue weighted by Crippen LogP contribution is -2.47. The fourth-order valence-electron chi connectivity index (χ4n) is 10.7. The zero-order valence-corrected chi connectivity index (χ0v) is 47.0. The summed E-state index contributed by atoms with van der Waals surface area (Å²) in [5.41, 5.74) is 12.7. The number of hydrogen-bond donors (Lipinski definition) is 5. The second-order valence-corrected chi connectivity index (χ2v) is 20.8. The first-order valence-electron chi connectivity index (χ1n) is 27.8. The van der Waals surface area contributed by atoms with Crippen molar-refractivity contribution >= 4 is 41.3 Å². The second kappa shape index (κ2) is 27.5. The van der Waals surface area contributed by atoms with Gasteiger partial charge in [-0.3, -0.25) is 34.6 Å². The maximum atomic E-state index is 13.2. The molecule has 0 heterocycles. The number of fused-ring (bicyclic) bond motifs is 6. The number of carbonyl (C=O) groups excluding carboxylic acids is 5. The third-order valence-electron chi connectivity index (χ3n) is 15.0. The quantitative estimate of drug-likeness (QED) is 0.0273. The maximum Gasteiger partial charge on any atom is 0.407 e. The minimum absolute atomic E-state index is 0.0776. The molecule has 18 nitrogen and oxygen atoms in total. The van der Waals surface area contributed by atoms with Gasteiger partial charge in [-0.25, -0.2) is 9.59 Å². The molecule has 5 N–H and O–H groups in total. The molecule has 18 heteroatoms. The number of nitrogens with zero attached hydrogens (tertiary/aromatic N) is 2. The summed E-state index contributed by atoms with van der Waals surface area (Å²) >= 11 is 0. The van der Waals surface area contributed by atoms with Gasteiger partial charge in [0.25, 0.3) is 11.4 Å². The molecule has 8 aromatic rings. The average Bonchev–Trinajstić information content (AvgIpc) is 2.34. The number of nitro benzene ring substituents is 2. The van der Waals surface area contributed by atoms with Gasteiger partial charge in [0.2, 0.25) is 17.7 Å². The molecule has 10 rings (SSSR count). The fraction of sp³-hybridized carbons (Fsp3) is 0.209. The van der Waals surface area contributed by atoms with E-state index >= 15 is 0 Å². The van der Waals surface area contributed by atoms with Crippen LogP contribution in [0.4, 0.5) is 21.0 Å². The van der Waals surface area contributed by atoms with E-state index in [9.17, 15) is 44.2 Å². The summed E-state index contributed by atoms with van der Waals surface area (Å²) in [5.74, 6) is -1.67. The lowest BCUT2D eigenvalue weighted by atomic mass is 9.98. The summed E-state index contributed by atoms with van der Waals surface area (Å²) in [4.78, 5) is 87.3. The van der Waals surface area contributed by atoms with Gasteiger partial charge in [0, 0.05) is 37.1 Å². The summed E-state index contributed by atoms with van der Waals surface area (Å²) < 4.78 is 11.2. The predicted octanol–water partition coefficient (Wildman–Crippen LogP) is 11.9. The van der Waals surface area contributed by atoms with E-state index in [0.29, 0.717) is 6.54 Å². The van der Waals surface area contributed by atoms with Gasteiger partial charge in [-0.05, 0) is 76.4 Å². The van der Waals surface area contributed by atoms with E-state index in [-0.39, 0.29) is 72.8 Å². The van der Waals surface area contributed by atoms with Crippen molar-refractivity contribution in [2.24, 2.45) is 0 Å². The van der Waals surface area contributed by atoms with Gasteiger partial charge in [0.1, 0.15) is 19.3 Å². The first-order valence-corrected chi connectivity index (χ1v) is 27.8. The molecule has 432 valence electrons. The molecule has 0 radical (unpaired) electrons. The zero-order chi connectivity index (χ0) is 60.0. The number of amides is 5. The third-order valence-corrected chi connectivity index (χ3v) is 15.0. The standard InChI is InChI=1S/C35H34N4O6.C32H29N3O5/c1-22-15-17-24(18-16-22)20-36-33(40)19-31(29-13-7-8-14-32(29)39(43)44)38-34(41)23(2)37-35(42)45-21-30-27-11-5-3-9-25(27)26-10-4-6-12-28(26)30;1-21-14-16-22(17-15-21)19-33-31(36)18-29(27-12-6-7-13-30(27)35(38)39)34-32(37)40-20-28-25-10-4-2-8-23(25)24-9-3-5-11-26(24)28/h3-18,23,30-31H,19-21H2,1-2H3,(H,36,40)(H,37,42)(H,38,41);2-17,28-29H,18-20H2,1H3,(H,33,36)(H,34,37)/i37+1,38+1;34+1. The predicted molar refractivity (Wildman–Crippen MR) is 321 cm³/mol. The molecule has 5 amide bonds. The topological polar surface area (TPSA) is 250 Å². The molecule has 0 spiro atoms. The number of para-hydroxylation sites is 2. The lowest BCUT2D eigenvalue weighted by Gasteiger charge is -2.22. The van der Waals surface area contributed by atoms with Gasteiger partial charge >= 0.3 is 12.2 Å². The number of benzene rings is 8. The number of hydrogen-bond acceptors (Lipinski definition) is 11. The smallest absolute Gasteiger partial charge is 0.407 e. The van der Waals surface area contributed by atoms with Gasteiger partial charge in [-0.2, -0.15) is 0 Å². The van der Waals surface area contributed by atoms with Gasteiger partial charge in [-0.15, -0.1) is 0 Å². The molecule has 0 aromatic heterocycles. The summed E-state index contributed by atoms with van der Waals surface area (Å²) in [5, 5.41) is 37.1. The molecule has 3 atom stereocenters. The molecule has 2 aliphatic rings. The van der Waals surface area contributed by atoms with Crippen LogP contribution in [0.3, 0.4) is 0 Å². The highest BCUT2D eigenvalue weighted by Gasteiger charge is 2.33. The Hall–Kier alpha value is -10.5. The first kappa shape index (κ1) is 59.1. The molecule has 8 aromatic carbocycles. The van der Waals surface area contributed by atoms with Gasteiger partial charge in [-0.1, -0.05) is 193 Å². The van der Waals surface area contributed by atoms with Crippen LogP contribution in [-0.2, 0) is 36.9 Å². The molecule has 0 bridgehead atoms. The highest BCUT2D eigenvalue weighted by atomic mass is 16.6. The number of ether oxygens (including phenoxy) is 2. The number of alkyl carbamates (subject to hydrolysis) is 2. The molecule has 0 aliphatic heterocycles. The van der Waals surface area contributed by atoms with Crippen LogP contribution in [0.25, 0.3) is 22.3 Å². The van der Waals surface area contributed by atoms with Gasteiger partial charge < -0.3 is 36.1 Å². The van der Waals surface area contributed by atoms with Crippen molar-refractivity contribution in [3.63, 3.8) is 0 Å². The van der Waals surface area contributed by atoms with Crippen LogP contribution in [0.2, 0.25) is 0 Å². The largest absolute Gasteiger partial charge is 0.449 e. The minimum Gasteiger partial charge on any atom is -0.449 e. The van der Waals surface area contributed by atoms with E-state index < -0.39 is 52.0 Å². The van der Waals surface area contributed by atoms with Crippen LogP contribution in [0.15, 0.2) is 194 Å². The molecular formula is C67H63N7O11. The van der Waals surface area contributed by atoms with E-state index in [2.05, 4.69) is 26.6 Å². The number of aryl methyl sites for hydroxylation is 2. The SMILES string of the molecule is Cc1ccc(CNC(=O)CC([15NH]C(=O)C(C)[15NH]C(=O)OCC2c3ccccc3-c3ccccc32)c2ccccc2[N+](=O)[O-])cc1.Cc1ccc(CNC(=O)CC([15NH]C(=O)OCC2c3ccccc3-c3ccccc32)c2ccccc2[N+](=O)[O-])cc1. The Morgan fingerprint density at radius 2 is 0.776 bits per heavy atom. The number of nitro groups is 2. The summed E-state index contributed by atoms with van der Waals surface area (Å²) in [6.45, 7) is 6.15. The molecule has 85 heavy (non-hydrogen) atoms. The Morgan fingerprint density at radius 3 is 1.15 bits per heavy atom.